The monoisotopic (exact) mass is 592 g/mol. The van der Waals surface area contributed by atoms with Crippen LogP contribution >= 0.6 is 0 Å². The van der Waals surface area contributed by atoms with Crippen molar-refractivity contribution in [2.24, 2.45) is 0 Å². The molecule has 3 aliphatic heterocycles. The topological polar surface area (TPSA) is 115 Å². The highest BCUT2D eigenvalue weighted by atomic mass is 16.2. The van der Waals surface area contributed by atoms with Gasteiger partial charge in [-0.1, -0.05) is 36.4 Å². The first kappa shape index (κ1) is 29.1. The van der Waals surface area contributed by atoms with Crippen molar-refractivity contribution in [3.63, 3.8) is 0 Å². The summed E-state index contributed by atoms with van der Waals surface area (Å²) in [5, 5.41) is 0. The second kappa shape index (κ2) is 12.3. The van der Waals surface area contributed by atoms with Crippen molar-refractivity contribution in [3.05, 3.63) is 106 Å². The molecule has 0 radical (unpaired) electrons. The lowest BCUT2D eigenvalue weighted by Gasteiger charge is -2.25. The van der Waals surface area contributed by atoms with Gasteiger partial charge in [0.05, 0.1) is 33.4 Å². The molecule has 0 N–H and O–H groups in total. The summed E-state index contributed by atoms with van der Waals surface area (Å²) in [7, 11) is 0. The molecule has 3 heterocycles. The van der Waals surface area contributed by atoms with E-state index in [0.29, 0.717) is 85.2 Å². The van der Waals surface area contributed by atoms with Gasteiger partial charge in [0.1, 0.15) is 0 Å². The van der Waals surface area contributed by atoms with E-state index in [9.17, 15) is 28.8 Å². The molecule has 6 rings (SSSR count). The van der Waals surface area contributed by atoms with E-state index in [-0.39, 0.29) is 48.5 Å². The van der Waals surface area contributed by atoms with Gasteiger partial charge in [-0.15, -0.1) is 0 Å². The number of imide groups is 3. The summed E-state index contributed by atoms with van der Waals surface area (Å²) in [6.45, 7) is 2.68. The van der Waals surface area contributed by atoms with Crippen LogP contribution in [0.15, 0.2) is 72.8 Å². The zero-order chi connectivity index (χ0) is 30.8. The van der Waals surface area contributed by atoms with E-state index in [1.807, 2.05) is 0 Å². The van der Waals surface area contributed by atoms with Crippen LogP contribution in [0, 0.1) is 0 Å². The van der Waals surface area contributed by atoms with E-state index in [4.69, 9.17) is 0 Å². The summed E-state index contributed by atoms with van der Waals surface area (Å²) in [4.78, 5) is 82.6. The molecule has 44 heavy (non-hydrogen) atoms. The van der Waals surface area contributed by atoms with E-state index < -0.39 is 0 Å². The minimum atomic E-state index is -0.288. The van der Waals surface area contributed by atoms with Crippen LogP contribution in [0.3, 0.4) is 0 Å². The highest BCUT2D eigenvalue weighted by Crippen LogP contribution is 2.25. The second-order valence-electron chi connectivity index (χ2n) is 11.2. The third-order valence-corrected chi connectivity index (χ3v) is 8.45. The predicted molar refractivity (Wildman–Crippen MR) is 160 cm³/mol. The van der Waals surface area contributed by atoms with Crippen LogP contribution in [0.25, 0.3) is 0 Å². The van der Waals surface area contributed by atoms with Crippen molar-refractivity contribution in [1.82, 2.24) is 19.6 Å². The van der Waals surface area contributed by atoms with Crippen molar-refractivity contribution < 1.29 is 28.8 Å². The number of amides is 6. The van der Waals surface area contributed by atoms with Crippen LogP contribution < -0.4 is 0 Å². The minimum Gasteiger partial charge on any atom is -0.303 e. The Labute approximate surface area is 254 Å². The maximum Gasteiger partial charge on any atom is 0.261 e. The highest BCUT2D eigenvalue weighted by Gasteiger charge is 2.36. The van der Waals surface area contributed by atoms with E-state index in [1.54, 1.807) is 72.8 Å². The van der Waals surface area contributed by atoms with E-state index in [1.165, 1.54) is 14.7 Å². The molecule has 0 bridgehead atoms. The molecule has 3 aromatic carbocycles. The molecule has 0 saturated carbocycles. The highest BCUT2D eigenvalue weighted by molar-refractivity contribution is 6.22. The van der Waals surface area contributed by atoms with Crippen molar-refractivity contribution in [1.29, 1.82) is 0 Å². The van der Waals surface area contributed by atoms with Crippen molar-refractivity contribution >= 4 is 35.4 Å². The van der Waals surface area contributed by atoms with Gasteiger partial charge in [-0.3, -0.25) is 43.5 Å². The quantitative estimate of drug-likeness (QED) is 0.219. The van der Waals surface area contributed by atoms with Crippen LogP contribution in [-0.2, 0) is 0 Å². The Bertz CT molecular complexity index is 1500. The first-order valence-electron chi connectivity index (χ1n) is 14.9. The molecule has 3 aliphatic rings. The second-order valence-corrected chi connectivity index (χ2v) is 11.2. The average molecular weight is 593 g/mol. The molecule has 0 fully saturated rings. The van der Waals surface area contributed by atoms with Gasteiger partial charge in [-0.2, -0.15) is 0 Å². The number of carbonyl (C=O) groups is 6. The van der Waals surface area contributed by atoms with Crippen LogP contribution in [0.2, 0.25) is 0 Å². The minimum absolute atomic E-state index is 0.274. The third kappa shape index (κ3) is 5.33. The smallest absolute Gasteiger partial charge is 0.261 e. The molecular formula is C34H32N4O6. The molecule has 0 aliphatic carbocycles. The van der Waals surface area contributed by atoms with Gasteiger partial charge in [0, 0.05) is 19.6 Å². The Morgan fingerprint density at radius 1 is 0.364 bits per heavy atom. The molecule has 0 unspecified atom stereocenters. The fraction of sp³-hybridized carbons (Fsp3) is 0.294. The van der Waals surface area contributed by atoms with Crippen molar-refractivity contribution in [3.8, 4) is 0 Å². The SMILES string of the molecule is O=C1c2ccccc2C(=O)N1CCCCN(CCCN1C(=O)c2ccccc2C1=O)CCCN1C(=O)c2ccccc2C1=O. The number of fused-ring (bicyclic) bond motifs is 3. The maximum absolute atomic E-state index is 12.8. The van der Waals surface area contributed by atoms with Crippen LogP contribution in [0.5, 0.6) is 0 Å². The maximum atomic E-state index is 12.8. The third-order valence-electron chi connectivity index (χ3n) is 8.45. The summed E-state index contributed by atoms with van der Waals surface area (Å²) in [5.41, 5.74) is 2.54. The summed E-state index contributed by atoms with van der Waals surface area (Å²) in [5.74, 6) is -1.70. The normalized spacial score (nSPS) is 15.6. The molecule has 0 spiro atoms. The summed E-state index contributed by atoms with van der Waals surface area (Å²) >= 11 is 0. The predicted octanol–water partition coefficient (Wildman–Crippen LogP) is 3.74. The lowest BCUT2D eigenvalue weighted by molar-refractivity contribution is 0.0624. The molecule has 6 amide bonds. The van der Waals surface area contributed by atoms with Gasteiger partial charge in [-0.05, 0) is 81.7 Å². The zero-order valence-corrected chi connectivity index (χ0v) is 24.2. The van der Waals surface area contributed by atoms with E-state index in [0.717, 1.165) is 0 Å². The van der Waals surface area contributed by atoms with Gasteiger partial charge in [0.25, 0.3) is 35.4 Å². The number of carbonyl (C=O) groups excluding carboxylic acids is 6. The van der Waals surface area contributed by atoms with Crippen molar-refractivity contribution in [2.45, 2.75) is 25.7 Å². The fourth-order valence-electron chi connectivity index (χ4n) is 6.17. The van der Waals surface area contributed by atoms with Gasteiger partial charge in [0.15, 0.2) is 0 Å². The Morgan fingerprint density at radius 3 is 0.909 bits per heavy atom. The molecule has 3 aromatic rings. The lowest BCUT2D eigenvalue weighted by Crippen LogP contribution is -2.36. The Morgan fingerprint density at radius 2 is 0.614 bits per heavy atom. The van der Waals surface area contributed by atoms with Gasteiger partial charge in [-0.25, -0.2) is 0 Å². The van der Waals surface area contributed by atoms with Crippen molar-refractivity contribution in [2.75, 3.05) is 39.3 Å². The molecule has 0 aromatic heterocycles. The largest absolute Gasteiger partial charge is 0.303 e. The Hall–Kier alpha value is -4.96. The molecule has 0 saturated heterocycles. The number of nitrogens with zero attached hydrogens (tertiary/aromatic N) is 4. The van der Waals surface area contributed by atoms with Crippen LogP contribution in [0.1, 0.15) is 87.8 Å². The standard InChI is InChI=1S/C34H32N4O6/c39-29-23-11-1-2-12-24(23)30(40)36(29)20-8-7-17-35(18-9-21-37-31(41)25-13-3-4-14-26(25)32(37)42)19-10-22-38-33(43)27-15-5-6-16-28(27)34(38)44/h1-6,11-16H,7-10,17-22H2. The summed E-state index contributed by atoms with van der Waals surface area (Å²) in [6.07, 6.45) is 2.42. The first-order chi connectivity index (χ1) is 21.4. The molecule has 224 valence electrons. The van der Waals surface area contributed by atoms with Crippen LogP contribution in [-0.4, -0.2) is 94.3 Å². The number of benzene rings is 3. The fourth-order valence-corrected chi connectivity index (χ4v) is 6.17. The number of hydrogen-bond donors (Lipinski definition) is 0. The van der Waals surface area contributed by atoms with Gasteiger partial charge < -0.3 is 4.90 Å². The number of rotatable bonds is 13. The molecule has 0 atom stereocenters. The lowest BCUT2D eigenvalue weighted by atomic mass is 10.1. The number of hydrogen-bond acceptors (Lipinski definition) is 7. The van der Waals surface area contributed by atoms with E-state index in [2.05, 4.69) is 4.90 Å². The average Bonchev–Trinajstić information content (AvgIpc) is 3.55. The number of unbranched alkanes of at least 4 members (excludes halogenated alkanes) is 1. The first-order valence-corrected chi connectivity index (χ1v) is 14.9. The summed E-state index contributed by atoms with van der Waals surface area (Å²) in [6, 6.07) is 20.4. The molecule has 10 nitrogen and oxygen atoms in total. The van der Waals surface area contributed by atoms with Gasteiger partial charge in [0.2, 0.25) is 0 Å². The molecular weight excluding hydrogens is 560 g/mol. The molecule has 10 heteroatoms. The van der Waals surface area contributed by atoms with Crippen LogP contribution in [0.4, 0.5) is 0 Å². The Balaban J connectivity index is 1.04. The Kier molecular flexibility index (Phi) is 8.17. The van der Waals surface area contributed by atoms with E-state index >= 15 is 0 Å². The van der Waals surface area contributed by atoms with Gasteiger partial charge >= 0.3 is 0 Å². The summed E-state index contributed by atoms with van der Waals surface area (Å²) < 4.78 is 0. The zero-order valence-electron chi connectivity index (χ0n) is 24.2.